The quantitative estimate of drug-likeness (QED) is 0.251. The van der Waals surface area contributed by atoms with Crippen LogP contribution in [0.1, 0.15) is 16.1 Å². The maximum atomic E-state index is 11.9. The Hall–Kier alpha value is -0.720. The standard InChI is InChI=1S/C9H10F2N2O2.Na/c1-5-6(4-12-13(5)2)7(14)3-8(15)9(10)11;/h3-4,9,15H,1-2H3;/q;+1/p-1. The van der Waals surface area contributed by atoms with Crippen molar-refractivity contribution in [2.24, 2.45) is 7.05 Å². The van der Waals surface area contributed by atoms with Gasteiger partial charge in [-0.05, 0) is 13.0 Å². The summed E-state index contributed by atoms with van der Waals surface area (Å²) in [7, 11) is 1.61. The predicted molar refractivity (Wildman–Crippen MR) is 46.4 cm³/mol. The summed E-state index contributed by atoms with van der Waals surface area (Å²) in [5.74, 6) is -2.23. The number of halogens is 2. The molecular formula is C9H9F2N2NaO2. The van der Waals surface area contributed by atoms with Crippen molar-refractivity contribution in [3.8, 4) is 0 Å². The van der Waals surface area contributed by atoms with Gasteiger partial charge in [-0.1, -0.05) is 5.76 Å². The average molecular weight is 238 g/mol. The predicted octanol–water partition coefficient (Wildman–Crippen LogP) is -2.58. The van der Waals surface area contributed by atoms with Gasteiger partial charge < -0.3 is 5.11 Å². The van der Waals surface area contributed by atoms with Crippen molar-refractivity contribution in [2.45, 2.75) is 13.3 Å². The minimum Gasteiger partial charge on any atom is -0.872 e. The molecule has 0 saturated heterocycles. The van der Waals surface area contributed by atoms with Gasteiger partial charge in [-0.15, -0.1) is 0 Å². The molecule has 0 aliphatic heterocycles. The smallest absolute Gasteiger partial charge is 0.872 e. The molecule has 1 rings (SSSR count). The number of allylic oxidation sites excluding steroid dienone is 2. The summed E-state index contributed by atoms with van der Waals surface area (Å²) in [6, 6.07) is 0. The van der Waals surface area contributed by atoms with Gasteiger partial charge >= 0.3 is 29.6 Å². The minimum absolute atomic E-state index is 0. The van der Waals surface area contributed by atoms with E-state index >= 15 is 0 Å². The van der Waals surface area contributed by atoms with Crippen LogP contribution >= 0.6 is 0 Å². The second kappa shape index (κ2) is 6.12. The van der Waals surface area contributed by atoms with Gasteiger partial charge in [-0.25, -0.2) is 8.78 Å². The zero-order valence-electron chi connectivity index (χ0n) is 9.20. The maximum absolute atomic E-state index is 11.9. The van der Waals surface area contributed by atoms with Crippen molar-refractivity contribution >= 4 is 5.78 Å². The van der Waals surface area contributed by atoms with E-state index in [9.17, 15) is 18.7 Å². The maximum Gasteiger partial charge on any atom is 1.00 e. The van der Waals surface area contributed by atoms with Crippen molar-refractivity contribution in [1.82, 2.24) is 9.78 Å². The third-order valence-corrected chi connectivity index (χ3v) is 1.99. The Bertz CT molecular complexity index is 416. The van der Waals surface area contributed by atoms with Gasteiger partial charge in [-0.3, -0.25) is 9.48 Å². The largest absolute Gasteiger partial charge is 1.00 e. The van der Waals surface area contributed by atoms with Crippen molar-refractivity contribution in [1.29, 1.82) is 0 Å². The summed E-state index contributed by atoms with van der Waals surface area (Å²) in [4.78, 5) is 11.3. The molecule has 16 heavy (non-hydrogen) atoms. The molecule has 0 amide bonds. The van der Waals surface area contributed by atoms with E-state index < -0.39 is 18.0 Å². The molecule has 0 aliphatic carbocycles. The molecule has 1 heterocycles. The normalized spacial score (nSPS) is 11.4. The SMILES string of the molecule is Cc1c(C(=O)C=C([O-])C(F)F)cnn1C.[Na+]. The van der Waals surface area contributed by atoms with Crippen LogP contribution in [0.5, 0.6) is 0 Å². The van der Waals surface area contributed by atoms with Gasteiger partial charge in [0.1, 0.15) is 0 Å². The number of aryl methyl sites for hydroxylation is 1. The molecule has 0 fully saturated rings. The van der Waals surface area contributed by atoms with Crippen LogP contribution in [0.25, 0.3) is 0 Å². The topological polar surface area (TPSA) is 57.9 Å². The van der Waals surface area contributed by atoms with Crippen LogP contribution in [0.2, 0.25) is 0 Å². The summed E-state index contributed by atoms with van der Waals surface area (Å²) in [5, 5.41) is 14.4. The molecular weight excluding hydrogens is 229 g/mol. The Morgan fingerprint density at radius 2 is 2.19 bits per heavy atom. The van der Waals surface area contributed by atoms with E-state index in [2.05, 4.69) is 5.10 Å². The Kier molecular flexibility index (Phi) is 5.85. The molecule has 82 valence electrons. The van der Waals surface area contributed by atoms with Crippen molar-refractivity contribution in [3.63, 3.8) is 0 Å². The first-order chi connectivity index (χ1) is 6.93. The Labute approximate surface area is 113 Å². The second-order valence-corrected chi connectivity index (χ2v) is 2.98. The number of carbonyl (C=O) groups excluding carboxylic acids is 1. The summed E-state index contributed by atoms with van der Waals surface area (Å²) >= 11 is 0. The van der Waals surface area contributed by atoms with E-state index in [0.717, 1.165) is 0 Å². The Balaban J connectivity index is 0.00000225. The van der Waals surface area contributed by atoms with E-state index in [1.54, 1.807) is 14.0 Å². The number of rotatable bonds is 3. The first kappa shape index (κ1) is 15.3. The number of carbonyl (C=O) groups is 1. The number of aromatic nitrogens is 2. The minimum atomic E-state index is -3.15. The molecule has 1 aromatic heterocycles. The molecule has 0 saturated carbocycles. The number of ketones is 1. The van der Waals surface area contributed by atoms with Gasteiger partial charge in [-0.2, -0.15) is 5.10 Å². The fourth-order valence-corrected chi connectivity index (χ4v) is 1.01. The first-order valence-electron chi connectivity index (χ1n) is 4.13. The molecule has 7 heteroatoms. The average Bonchev–Trinajstić information content (AvgIpc) is 2.47. The summed E-state index contributed by atoms with van der Waals surface area (Å²) in [5.41, 5.74) is 0.685. The van der Waals surface area contributed by atoms with Crippen LogP contribution in [0.3, 0.4) is 0 Å². The second-order valence-electron chi connectivity index (χ2n) is 2.98. The molecule has 0 aliphatic rings. The summed E-state index contributed by atoms with van der Waals surface area (Å²) in [6.45, 7) is 1.61. The third-order valence-electron chi connectivity index (χ3n) is 1.99. The van der Waals surface area contributed by atoms with E-state index in [-0.39, 0.29) is 35.1 Å². The van der Waals surface area contributed by atoms with Crippen LogP contribution in [-0.4, -0.2) is 22.0 Å². The van der Waals surface area contributed by atoms with Gasteiger partial charge in [0.15, 0.2) is 5.78 Å². The number of hydrogen-bond donors (Lipinski definition) is 0. The molecule has 0 N–H and O–H groups in total. The zero-order valence-corrected chi connectivity index (χ0v) is 11.2. The fraction of sp³-hybridized carbons (Fsp3) is 0.333. The molecule has 4 nitrogen and oxygen atoms in total. The van der Waals surface area contributed by atoms with Gasteiger partial charge in [0.2, 0.25) is 6.43 Å². The van der Waals surface area contributed by atoms with Crippen LogP contribution < -0.4 is 34.7 Å². The summed E-state index contributed by atoms with van der Waals surface area (Å²) < 4.78 is 25.1. The third kappa shape index (κ3) is 3.40. The number of alkyl halides is 2. The Morgan fingerprint density at radius 3 is 2.56 bits per heavy atom. The molecule has 1 aromatic rings. The van der Waals surface area contributed by atoms with E-state index in [4.69, 9.17) is 0 Å². The van der Waals surface area contributed by atoms with Crippen LogP contribution in [0, 0.1) is 6.92 Å². The van der Waals surface area contributed by atoms with E-state index in [1.807, 2.05) is 0 Å². The molecule has 0 aromatic carbocycles. The van der Waals surface area contributed by atoms with Crippen molar-refractivity contribution in [3.05, 3.63) is 29.3 Å². The number of nitrogens with zero attached hydrogens (tertiary/aromatic N) is 2. The summed E-state index contributed by atoms with van der Waals surface area (Å²) in [6.07, 6.45) is -1.51. The zero-order chi connectivity index (χ0) is 11.6. The Morgan fingerprint density at radius 1 is 1.62 bits per heavy atom. The van der Waals surface area contributed by atoms with Gasteiger partial charge in [0.05, 0.1) is 11.8 Å². The fourth-order valence-electron chi connectivity index (χ4n) is 1.01. The van der Waals surface area contributed by atoms with E-state index in [0.29, 0.717) is 11.8 Å². The first-order valence-corrected chi connectivity index (χ1v) is 4.13. The van der Waals surface area contributed by atoms with Crippen LogP contribution in [-0.2, 0) is 7.05 Å². The van der Waals surface area contributed by atoms with Crippen LogP contribution in [0.4, 0.5) is 8.78 Å². The van der Waals surface area contributed by atoms with Crippen molar-refractivity contribution < 1.29 is 48.2 Å². The molecule has 0 unspecified atom stereocenters. The molecule has 0 atom stereocenters. The van der Waals surface area contributed by atoms with Gasteiger partial charge in [0, 0.05) is 12.7 Å². The molecule has 0 bridgehead atoms. The molecule has 0 spiro atoms. The monoisotopic (exact) mass is 238 g/mol. The molecule has 0 radical (unpaired) electrons. The van der Waals surface area contributed by atoms with E-state index in [1.165, 1.54) is 10.9 Å². The van der Waals surface area contributed by atoms with Gasteiger partial charge in [0.25, 0.3) is 0 Å². The number of hydrogen-bond acceptors (Lipinski definition) is 3. The van der Waals surface area contributed by atoms with Crippen molar-refractivity contribution in [2.75, 3.05) is 0 Å². The van der Waals surface area contributed by atoms with Crippen LogP contribution in [0.15, 0.2) is 18.0 Å².